The number of ether oxygens (including phenoxy) is 2. The van der Waals surface area contributed by atoms with Crippen molar-refractivity contribution < 1.29 is 19.0 Å². The van der Waals surface area contributed by atoms with Gasteiger partial charge in [-0.2, -0.15) is 5.10 Å². The molecule has 3 heterocycles. The smallest absolute Gasteiger partial charge is 0.219 e. The molecule has 0 fully saturated rings. The van der Waals surface area contributed by atoms with E-state index in [1.807, 2.05) is 35.0 Å². The Kier molecular flexibility index (Phi) is 6.22. The van der Waals surface area contributed by atoms with Crippen LogP contribution in [0, 0.1) is 0 Å². The zero-order valence-corrected chi connectivity index (χ0v) is 19.0. The van der Waals surface area contributed by atoms with Crippen molar-refractivity contribution >= 4 is 19.0 Å². The second-order valence-electron chi connectivity index (χ2n) is 8.63. The standard InChI is InChI=1S/C23H27N3O4Si/c1-31(2,3)11-10-28-16-26-21(8-9-25-26)17-4-7-23(24-13-17)30-19-5-6-20-18(14-27)15-29-22(20)12-19/h4-9,12-13,15,27H,10-11,14,16H2,1-3H3. The number of benzene rings is 1. The van der Waals surface area contributed by atoms with Gasteiger partial charge in [0.25, 0.3) is 0 Å². The number of fused-ring (bicyclic) bond motifs is 1. The van der Waals surface area contributed by atoms with Crippen LogP contribution in [-0.4, -0.2) is 34.6 Å². The Morgan fingerprint density at radius 3 is 2.74 bits per heavy atom. The molecule has 0 aliphatic rings. The molecule has 7 nitrogen and oxygen atoms in total. The van der Waals surface area contributed by atoms with Crippen molar-refractivity contribution in [1.82, 2.24) is 14.8 Å². The summed E-state index contributed by atoms with van der Waals surface area (Å²) in [5, 5.41) is 14.6. The summed E-state index contributed by atoms with van der Waals surface area (Å²) in [6.45, 7) is 8.12. The van der Waals surface area contributed by atoms with Crippen molar-refractivity contribution in [2.24, 2.45) is 0 Å². The zero-order valence-electron chi connectivity index (χ0n) is 18.0. The first-order chi connectivity index (χ1) is 14.9. The quantitative estimate of drug-likeness (QED) is 0.283. The molecule has 3 aromatic heterocycles. The highest BCUT2D eigenvalue weighted by Crippen LogP contribution is 2.29. The molecule has 0 spiro atoms. The van der Waals surface area contributed by atoms with Gasteiger partial charge in [0.15, 0.2) is 0 Å². The Hall–Kier alpha value is -2.94. The molecular formula is C23H27N3O4Si. The molecule has 0 atom stereocenters. The van der Waals surface area contributed by atoms with Gasteiger partial charge in [-0.15, -0.1) is 0 Å². The number of rotatable bonds is 9. The van der Waals surface area contributed by atoms with E-state index in [0.29, 0.717) is 23.9 Å². The summed E-state index contributed by atoms with van der Waals surface area (Å²) in [5.41, 5.74) is 3.30. The Labute approximate surface area is 182 Å². The van der Waals surface area contributed by atoms with E-state index in [1.54, 1.807) is 24.7 Å². The van der Waals surface area contributed by atoms with Gasteiger partial charge in [0.05, 0.1) is 18.6 Å². The van der Waals surface area contributed by atoms with Crippen LogP contribution >= 0.6 is 0 Å². The number of pyridine rings is 1. The van der Waals surface area contributed by atoms with E-state index in [0.717, 1.165) is 34.9 Å². The third-order valence-corrected chi connectivity index (χ3v) is 6.68. The van der Waals surface area contributed by atoms with Crippen LogP contribution in [0.2, 0.25) is 25.7 Å². The van der Waals surface area contributed by atoms with Crippen molar-refractivity contribution in [2.45, 2.75) is 39.0 Å². The second-order valence-corrected chi connectivity index (χ2v) is 14.2. The molecule has 0 aliphatic carbocycles. The van der Waals surface area contributed by atoms with Crippen LogP contribution in [0.5, 0.6) is 11.6 Å². The van der Waals surface area contributed by atoms with Crippen LogP contribution in [0.4, 0.5) is 0 Å². The normalized spacial score (nSPS) is 11.9. The molecular weight excluding hydrogens is 410 g/mol. The largest absolute Gasteiger partial charge is 0.464 e. The third kappa shape index (κ3) is 5.22. The monoisotopic (exact) mass is 437 g/mol. The van der Waals surface area contributed by atoms with E-state index in [9.17, 15) is 5.11 Å². The van der Waals surface area contributed by atoms with E-state index < -0.39 is 8.07 Å². The molecule has 4 rings (SSSR count). The lowest BCUT2D eigenvalue weighted by Gasteiger charge is -2.16. The highest BCUT2D eigenvalue weighted by atomic mass is 28.3. The van der Waals surface area contributed by atoms with Gasteiger partial charge in [0.1, 0.15) is 18.1 Å². The summed E-state index contributed by atoms with van der Waals surface area (Å²) in [7, 11) is -1.11. The maximum atomic E-state index is 9.33. The van der Waals surface area contributed by atoms with Crippen LogP contribution < -0.4 is 4.74 Å². The fraction of sp³-hybridized carbons (Fsp3) is 0.304. The average Bonchev–Trinajstić information content (AvgIpc) is 3.37. The van der Waals surface area contributed by atoms with E-state index in [-0.39, 0.29) is 6.61 Å². The Morgan fingerprint density at radius 2 is 2.00 bits per heavy atom. The minimum atomic E-state index is -1.11. The minimum absolute atomic E-state index is 0.0594. The molecule has 0 radical (unpaired) electrons. The van der Waals surface area contributed by atoms with Gasteiger partial charge in [-0.25, -0.2) is 9.67 Å². The molecule has 1 aromatic carbocycles. The number of aliphatic hydroxyl groups is 1. The fourth-order valence-corrected chi connectivity index (χ4v) is 3.93. The highest BCUT2D eigenvalue weighted by molar-refractivity contribution is 6.76. The van der Waals surface area contributed by atoms with Crippen LogP contribution in [0.25, 0.3) is 22.2 Å². The SMILES string of the molecule is C[Si](C)(C)CCOCn1nccc1-c1ccc(Oc2ccc3c(CO)coc3c2)nc1. The lowest BCUT2D eigenvalue weighted by Crippen LogP contribution is -2.22. The average molecular weight is 438 g/mol. The maximum absolute atomic E-state index is 9.33. The first kappa shape index (κ1) is 21.3. The van der Waals surface area contributed by atoms with Crippen molar-refractivity contribution in [3.63, 3.8) is 0 Å². The molecule has 1 N–H and O–H groups in total. The van der Waals surface area contributed by atoms with Gasteiger partial charge >= 0.3 is 0 Å². The van der Waals surface area contributed by atoms with Crippen LogP contribution in [0.3, 0.4) is 0 Å². The molecule has 0 aliphatic heterocycles. The number of aliphatic hydroxyl groups excluding tert-OH is 1. The highest BCUT2D eigenvalue weighted by Gasteiger charge is 2.13. The van der Waals surface area contributed by atoms with E-state index in [4.69, 9.17) is 13.9 Å². The first-order valence-corrected chi connectivity index (χ1v) is 14.0. The number of hydrogen-bond donors (Lipinski definition) is 1. The maximum Gasteiger partial charge on any atom is 0.219 e. The Bertz CT molecular complexity index is 1150. The van der Waals surface area contributed by atoms with Crippen molar-refractivity contribution in [1.29, 1.82) is 0 Å². The number of aromatic nitrogens is 3. The Morgan fingerprint density at radius 1 is 1.13 bits per heavy atom. The third-order valence-electron chi connectivity index (χ3n) is 4.98. The van der Waals surface area contributed by atoms with Crippen LogP contribution in [-0.2, 0) is 18.1 Å². The predicted molar refractivity (Wildman–Crippen MR) is 122 cm³/mol. The van der Waals surface area contributed by atoms with Crippen LogP contribution in [0.1, 0.15) is 5.56 Å². The van der Waals surface area contributed by atoms with Crippen LogP contribution in [0.15, 0.2) is 59.5 Å². The number of nitrogens with zero attached hydrogens (tertiary/aromatic N) is 3. The van der Waals surface area contributed by atoms with E-state index >= 15 is 0 Å². The summed E-state index contributed by atoms with van der Waals surface area (Å²) < 4.78 is 19.0. The second kappa shape index (κ2) is 9.05. The molecule has 4 aromatic rings. The summed E-state index contributed by atoms with van der Waals surface area (Å²) in [6, 6.07) is 12.3. The number of furan rings is 1. The molecule has 31 heavy (non-hydrogen) atoms. The summed E-state index contributed by atoms with van der Waals surface area (Å²) >= 11 is 0. The van der Waals surface area contributed by atoms with E-state index in [2.05, 4.69) is 29.7 Å². The fourth-order valence-electron chi connectivity index (χ4n) is 3.17. The first-order valence-electron chi connectivity index (χ1n) is 10.3. The molecule has 0 saturated carbocycles. The van der Waals surface area contributed by atoms with Gasteiger partial charge in [-0.3, -0.25) is 0 Å². The number of hydrogen-bond acceptors (Lipinski definition) is 6. The molecule has 162 valence electrons. The molecule has 0 bridgehead atoms. The van der Waals surface area contributed by atoms with E-state index in [1.165, 1.54) is 0 Å². The summed E-state index contributed by atoms with van der Waals surface area (Å²) in [5.74, 6) is 1.10. The molecule has 0 saturated heterocycles. The Balaban J connectivity index is 1.41. The minimum Gasteiger partial charge on any atom is -0.464 e. The molecule has 8 heteroatoms. The van der Waals surface area contributed by atoms with Crippen molar-refractivity contribution in [3.05, 3.63) is 60.6 Å². The van der Waals surface area contributed by atoms with Gasteiger partial charge in [-0.1, -0.05) is 19.6 Å². The summed E-state index contributed by atoms with van der Waals surface area (Å²) in [4.78, 5) is 4.43. The lowest BCUT2D eigenvalue weighted by molar-refractivity contribution is 0.0798. The predicted octanol–water partition coefficient (Wildman–Crippen LogP) is 5.29. The lowest BCUT2D eigenvalue weighted by atomic mass is 10.2. The van der Waals surface area contributed by atoms with Gasteiger partial charge in [0.2, 0.25) is 5.88 Å². The van der Waals surface area contributed by atoms with Crippen molar-refractivity contribution in [3.8, 4) is 22.9 Å². The van der Waals surface area contributed by atoms with Gasteiger partial charge < -0.3 is 19.0 Å². The molecule has 0 unspecified atom stereocenters. The topological polar surface area (TPSA) is 82.5 Å². The van der Waals surface area contributed by atoms with Gasteiger partial charge in [0, 0.05) is 55.7 Å². The molecule has 0 amide bonds. The summed E-state index contributed by atoms with van der Waals surface area (Å²) in [6.07, 6.45) is 5.08. The van der Waals surface area contributed by atoms with Crippen molar-refractivity contribution in [2.75, 3.05) is 6.61 Å². The van der Waals surface area contributed by atoms with Gasteiger partial charge in [-0.05, 0) is 30.3 Å². The zero-order chi connectivity index (χ0) is 21.8.